The predicted molar refractivity (Wildman–Crippen MR) is 79.0 cm³/mol. The Balaban J connectivity index is 2.28. The fourth-order valence-electron chi connectivity index (χ4n) is 2.24. The average Bonchev–Trinajstić information content (AvgIpc) is 2.49. The first-order valence-electron chi connectivity index (χ1n) is 6.36. The lowest BCUT2D eigenvalue weighted by Gasteiger charge is -2.05. The lowest BCUT2D eigenvalue weighted by atomic mass is 10.0. The Morgan fingerprint density at radius 1 is 1.19 bits per heavy atom. The van der Waals surface area contributed by atoms with E-state index in [2.05, 4.69) is 6.07 Å². The number of hydrogen-bond donors (Lipinski definition) is 1. The number of nitrogens with zero attached hydrogens (tertiary/aromatic N) is 1. The first kappa shape index (κ1) is 12.9. The standard InChI is InChI=1S/C17H11NO3/c1-10-6-14-16(7-12(10)8-18)21-9-15(17(14)20)11-2-4-13(19)5-3-11/h2-7,9,19H,1H3. The summed E-state index contributed by atoms with van der Waals surface area (Å²) >= 11 is 0. The fourth-order valence-corrected chi connectivity index (χ4v) is 2.24. The van der Waals surface area contributed by atoms with E-state index in [1.165, 1.54) is 18.4 Å². The Morgan fingerprint density at radius 2 is 1.90 bits per heavy atom. The third kappa shape index (κ3) is 2.15. The molecule has 0 aliphatic carbocycles. The first-order valence-corrected chi connectivity index (χ1v) is 6.36. The van der Waals surface area contributed by atoms with Crippen molar-refractivity contribution in [2.24, 2.45) is 0 Å². The van der Waals surface area contributed by atoms with Gasteiger partial charge in [0.05, 0.1) is 22.6 Å². The van der Waals surface area contributed by atoms with Crippen molar-refractivity contribution in [3.05, 3.63) is 64.0 Å². The Kier molecular flexibility index (Phi) is 2.96. The topological polar surface area (TPSA) is 74.2 Å². The summed E-state index contributed by atoms with van der Waals surface area (Å²) in [6.45, 7) is 1.78. The number of phenolic OH excluding ortho intramolecular Hbond substituents is 1. The van der Waals surface area contributed by atoms with E-state index in [9.17, 15) is 9.90 Å². The minimum absolute atomic E-state index is 0.137. The van der Waals surface area contributed by atoms with Gasteiger partial charge in [-0.25, -0.2) is 0 Å². The third-order valence-electron chi connectivity index (χ3n) is 3.42. The normalized spacial score (nSPS) is 10.5. The van der Waals surface area contributed by atoms with E-state index in [-0.39, 0.29) is 11.2 Å². The van der Waals surface area contributed by atoms with Crippen LogP contribution in [0.2, 0.25) is 0 Å². The van der Waals surface area contributed by atoms with E-state index in [4.69, 9.17) is 9.68 Å². The van der Waals surface area contributed by atoms with Gasteiger partial charge in [-0.15, -0.1) is 0 Å². The minimum atomic E-state index is -0.158. The van der Waals surface area contributed by atoms with Crippen LogP contribution in [0.15, 0.2) is 51.9 Å². The molecular weight excluding hydrogens is 266 g/mol. The fraction of sp³-hybridized carbons (Fsp3) is 0.0588. The molecule has 3 rings (SSSR count). The molecule has 4 heteroatoms. The van der Waals surface area contributed by atoms with Crippen LogP contribution in [0.1, 0.15) is 11.1 Å². The Labute approximate surface area is 120 Å². The second-order valence-electron chi connectivity index (χ2n) is 4.80. The molecule has 0 amide bonds. The molecule has 3 aromatic rings. The Bertz CT molecular complexity index is 931. The summed E-state index contributed by atoms with van der Waals surface area (Å²) in [5.74, 6) is 0.137. The summed E-state index contributed by atoms with van der Waals surface area (Å²) in [7, 11) is 0. The van der Waals surface area contributed by atoms with Crippen LogP contribution in [0.25, 0.3) is 22.1 Å². The van der Waals surface area contributed by atoms with Gasteiger partial charge in [0, 0.05) is 0 Å². The van der Waals surface area contributed by atoms with Gasteiger partial charge < -0.3 is 9.52 Å². The largest absolute Gasteiger partial charge is 0.508 e. The maximum atomic E-state index is 12.6. The van der Waals surface area contributed by atoms with Crippen LogP contribution in [-0.2, 0) is 0 Å². The van der Waals surface area contributed by atoms with Crippen LogP contribution in [0, 0.1) is 18.3 Å². The molecule has 0 bridgehead atoms. The second kappa shape index (κ2) is 4.80. The highest BCUT2D eigenvalue weighted by molar-refractivity contribution is 5.83. The second-order valence-corrected chi connectivity index (χ2v) is 4.80. The number of benzene rings is 2. The van der Waals surface area contributed by atoms with Crippen LogP contribution in [-0.4, -0.2) is 5.11 Å². The van der Waals surface area contributed by atoms with Crippen LogP contribution in [0.4, 0.5) is 0 Å². The van der Waals surface area contributed by atoms with Crippen LogP contribution < -0.4 is 5.43 Å². The van der Waals surface area contributed by atoms with Crippen molar-refractivity contribution in [1.82, 2.24) is 0 Å². The van der Waals surface area contributed by atoms with Crippen molar-refractivity contribution in [3.63, 3.8) is 0 Å². The molecule has 0 fully saturated rings. The molecule has 0 aliphatic rings. The monoisotopic (exact) mass is 277 g/mol. The van der Waals surface area contributed by atoms with Gasteiger partial charge in [-0.3, -0.25) is 4.79 Å². The van der Waals surface area contributed by atoms with Crippen molar-refractivity contribution < 1.29 is 9.52 Å². The molecule has 102 valence electrons. The van der Waals surface area contributed by atoms with Gasteiger partial charge in [0.25, 0.3) is 0 Å². The van der Waals surface area contributed by atoms with Gasteiger partial charge >= 0.3 is 0 Å². The van der Waals surface area contributed by atoms with Gasteiger partial charge in [-0.1, -0.05) is 12.1 Å². The SMILES string of the molecule is Cc1cc2c(=O)c(-c3ccc(O)cc3)coc2cc1C#N. The third-order valence-corrected chi connectivity index (χ3v) is 3.42. The number of aryl methyl sites for hydroxylation is 1. The first-order chi connectivity index (χ1) is 10.1. The molecule has 0 saturated heterocycles. The summed E-state index contributed by atoms with van der Waals surface area (Å²) < 4.78 is 5.49. The van der Waals surface area contributed by atoms with Gasteiger partial charge in [0.2, 0.25) is 0 Å². The zero-order chi connectivity index (χ0) is 15.0. The lowest BCUT2D eigenvalue weighted by Crippen LogP contribution is -2.05. The highest BCUT2D eigenvalue weighted by Crippen LogP contribution is 2.23. The van der Waals surface area contributed by atoms with Gasteiger partial charge in [-0.05, 0) is 42.3 Å². The number of nitriles is 1. The smallest absolute Gasteiger partial charge is 0.200 e. The summed E-state index contributed by atoms with van der Waals surface area (Å²) in [5.41, 5.74) is 2.56. The summed E-state index contributed by atoms with van der Waals surface area (Å²) in [6.07, 6.45) is 1.38. The zero-order valence-electron chi connectivity index (χ0n) is 11.3. The number of rotatable bonds is 1. The molecule has 0 atom stereocenters. The number of hydrogen-bond acceptors (Lipinski definition) is 4. The molecular formula is C17H11NO3. The molecule has 2 aromatic carbocycles. The molecule has 0 radical (unpaired) electrons. The van der Waals surface area contributed by atoms with E-state index in [0.29, 0.717) is 27.7 Å². The maximum absolute atomic E-state index is 12.6. The number of phenols is 1. The highest BCUT2D eigenvalue weighted by Gasteiger charge is 2.11. The molecule has 0 aliphatic heterocycles. The van der Waals surface area contributed by atoms with Crippen LogP contribution >= 0.6 is 0 Å². The van der Waals surface area contributed by atoms with Crippen LogP contribution in [0.5, 0.6) is 5.75 Å². The molecule has 1 aromatic heterocycles. The summed E-state index contributed by atoms with van der Waals surface area (Å²) in [6, 6.07) is 11.7. The molecule has 21 heavy (non-hydrogen) atoms. The van der Waals surface area contributed by atoms with Gasteiger partial charge in [0.1, 0.15) is 17.6 Å². The van der Waals surface area contributed by atoms with Gasteiger partial charge in [0.15, 0.2) is 5.43 Å². The van der Waals surface area contributed by atoms with Crippen molar-refractivity contribution in [3.8, 4) is 22.9 Å². The number of aromatic hydroxyl groups is 1. The van der Waals surface area contributed by atoms with E-state index in [1.54, 1.807) is 31.2 Å². The maximum Gasteiger partial charge on any atom is 0.200 e. The lowest BCUT2D eigenvalue weighted by molar-refractivity contribution is 0.475. The van der Waals surface area contributed by atoms with Crippen molar-refractivity contribution in [2.75, 3.05) is 0 Å². The molecule has 1 heterocycles. The highest BCUT2D eigenvalue weighted by atomic mass is 16.3. The predicted octanol–water partition coefficient (Wildman–Crippen LogP) is 3.35. The van der Waals surface area contributed by atoms with Crippen LogP contribution in [0.3, 0.4) is 0 Å². The zero-order valence-corrected chi connectivity index (χ0v) is 11.3. The molecule has 0 spiro atoms. The van der Waals surface area contributed by atoms with E-state index < -0.39 is 0 Å². The molecule has 0 unspecified atom stereocenters. The summed E-state index contributed by atoms with van der Waals surface area (Å²) in [5, 5.41) is 18.8. The Morgan fingerprint density at radius 3 is 2.57 bits per heavy atom. The molecule has 0 saturated carbocycles. The quantitative estimate of drug-likeness (QED) is 0.740. The van der Waals surface area contributed by atoms with E-state index in [1.807, 2.05) is 0 Å². The van der Waals surface area contributed by atoms with Crippen molar-refractivity contribution in [1.29, 1.82) is 5.26 Å². The molecule has 4 nitrogen and oxygen atoms in total. The number of fused-ring (bicyclic) bond motifs is 1. The van der Waals surface area contributed by atoms with E-state index in [0.717, 1.165) is 5.56 Å². The van der Waals surface area contributed by atoms with Gasteiger partial charge in [-0.2, -0.15) is 5.26 Å². The van der Waals surface area contributed by atoms with E-state index >= 15 is 0 Å². The average molecular weight is 277 g/mol. The summed E-state index contributed by atoms with van der Waals surface area (Å²) in [4.78, 5) is 12.6. The Hall–Kier alpha value is -3.06. The van der Waals surface area contributed by atoms with Crippen molar-refractivity contribution in [2.45, 2.75) is 6.92 Å². The molecule has 1 N–H and O–H groups in total. The minimum Gasteiger partial charge on any atom is -0.508 e. The van der Waals surface area contributed by atoms with Crippen molar-refractivity contribution >= 4 is 11.0 Å².